The van der Waals surface area contributed by atoms with Gasteiger partial charge in [0.25, 0.3) is 5.69 Å². The number of halogens is 1. The Hall–Kier alpha value is -2.90. The first-order chi connectivity index (χ1) is 12.8. The summed E-state index contributed by atoms with van der Waals surface area (Å²) < 4.78 is 31.2. The van der Waals surface area contributed by atoms with Crippen molar-refractivity contribution < 1.29 is 18.1 Å². The van der Waals surface area contributed by atoms with Gasteiger partial charge in [-0.3, -0.25) is 10.1 Å². The van der Waals surface area contributed by atoms with E-state index in [9.17, 15) is 18.5 Å². The predicted molar refractivity (Wildman–Crippen MR) is 102 cm³/mol. The Bertz CT molecular complexity index is 1110. The topological polar surface area (TPSA) is 86.5 Å². The zero-order valence-electron chi connectivity index (χ0n) is 14.1. The average Bonchev–Trinajstić information content (AvgIpc) is 2.67. The van der Waals surface area contributed by atoms with Crippen LogP contribution in [-0.2, 0) is 9.84 Å². The lowest BCUT2D eigenvalue weighted by Gasteiger charge is -2.12. The maximum Gasteiger partial charge on any atom is 0.269 e. The van der Waals surface area contributed by atoms with Crippen LogP contribution < -0.4 is 4.74 Å². The summed E-state index contributed by atoms with van der Waals surface area (Å²) in [5.74, 6) is 0.500. The second-order valence-corrected chi connectivity index (χ2v) is 8.01. The highest BCUT2D eigenvalue weighted by Gasteiger charge is 2.21. The van der Waals surface area contributed by atoms with Crippen LogP contribution in [0.15, 0.2) is 76.5 Å². The van der Waals surface area contributed by atoms with Gasteiger partial charge in [-0.15, -0.1) is 0 Å². The molecule has 0 atom stereocenters. The van der Waals surface area contributed by atoms with Crippen molar-refractivity contribution in [2.75, 3.05) is 7.11 Å². The van der Waals surface area contributed by atoms with Gasteiger partial charge in [-0.2, -0.15) is 0 Å². The molecule has 0 aliphatic rings. The van der Waals surface area contributed by atoms with Crippen LogP contribution in [0.25, 0.3) is 11.1 Å². The zero-order chi connectivity index (χ0) is 19.6. The highest BCUT2D eigenvalue weighted by Crippen LogP contribution is 2.35. The van der Waals surface area contributed by atoms with Gasteiger partial charge in [-0.1, -0.05) is 23.7 Å². The van der Waals surface area contributed by atoms with Gasteiger partial charge in [0.15, 0.2) is 0 Å². The van der Waals surface area contributed by atoms with Gasteiger partial charge in [0.1, 0.15) is 5.75 Å². The molecule has 0 saturated carbocycles. The molecule has 0 aromatic heterocycles. The van der Waals surface area contributed by atoms with E-state index >= 15 is 0 Å². The molecule has 0 amide bonds. The van der Waals surface area contributed by atoms with Crippen LogP contribution in [0.4, 0.5) is 5.69 Å². The molecule has 3 aromatic rings. The van der Waals surface area contributed by atoms with Crippen LogP contribution in [0.1, 0.15) is 0 Å². The number of hydrogen-bond acceptors (Lipinski definition) is 5. The van der Waals surface area contributed by atoms with Gasteiger partial charge in [0, 0.05) is 22.7 Å². The molecule has 3 rings (SSSR count). The van der Waals surface area contributed by atoms with Crippen LogP contribution >= 0.6 is 11.6 Å². The number of non-ortho nitro benzene ring substituents is 1. The Morgan fingerprint density at radius 2 is 1.63 bits per heavy atom. The van der Waals surface area contributed by atoms with Crippen molar-refractivity contribution >= 4 is 27.1 Å². The predicted octanol–water partition coefficient (Wildman–Crippen LogP) is 4.76. The highest BCUT2D eigenvalue weighted by atomic mass is 35.5. The first-order valence-electron chi connectivity index (χ1n) is 7.76. The minimum absolute atomic E-state index is 0.0321. The maximum absolute atomic E-state index is 12.9. The van der Waals surface area contributed by atoms with E-state index in [1.807, 2.05) is 0 Å². The fraction of sp³-hybridized carbons (Fsp3) is 0.0526. The van der Waals surface area contributed by atoms with Crippen molar-refractivity contribution in [2.45, 2.75) is 9.79 Å². The summed E-state index contributed by atoms with van der Waals surface area (Å²) in [5, 5.41) is 11.3. The molecule has 0 aliphatic carbocycles. The summed E-state index contributed by atoms with van der Waals surface area (Å²) >= 11 is 6.04. The second-order valence-electron chi connectivity index (χ2n) is 5.63. The third kappa shape index (κ3) is 3.79. The lowest BCUT2D eigenvalue weighted by atomic mass is 10.0. The lowest BCUT2D eigenvalue weighted by molar-refractivity contribution is -0.384. The quantitative estimate of drug-likeness (QED) is 0.453. The summed E-state index contributed by atoms with van der Waals surface area (Å²) in [5.41, 5.74) is 1.10. The lowest BCUT2D eigenvalue weighted by Crippen LogP contribution is -2.03. The zero-order valence-corrected chi connectivity index (χ0v) is 15.7. The molecule has 3 aromatic carbocycles. The average molecular weight is 404 g/mol. The molecule has 0 N–H and O–H groups in total. The van der Waals surface area contributed by atoms with E-state index in [0.29, 0.717) is 21.9 Å². The Morgan fingerprint density at radius 3 is 2.22 bits per heavy atom. The van der Waals surface area contributed by atoms with Gasteiger partial charge < -0.3 is 4.74 Å². The number of methoxy groups -OCH3 is 1. The number of sulfone groups is 1. The molecule has 6 nitrogen and oxygen atoms in total. The van der Waals surface area contributed by atoms with Gasteiger partial charge in [0.05, 0.1) is 21.8 Å². The SMILES string of the molecule is COc1ccc(S(=O)(=O)c2ccc([N+](=O)[O-])cc2)cc1-c1cccc(Cl)c1. The largest absolute Gasteiger partial charge is 0.496 e. The monoisotopic (exact) mass is 403 g/mol. The molecule has 138 valence electrons. The smallest absolute Gasteiger partial charge is 0.269 e. The molecule has 8 heteroatoms. The van der Waals surface area contributed by atoms with Crippen molar-refractivity contribution in [3.05, 3.63) is 81.9 Å². The first-order valence-corrected chi connectivity index (χ1v) is 9.62. The van der Waals surface area contributed by atoms with Crippen molar-refractivity contribution in [2.24, 2.45) is 0 Å². The van der Waals surface area contributed by atoms with Gasteiger partial charge in [-0.05, 0) is 48.0 Å². The van der Waals surface area contributed by atoms with Crippen LogP contribution in [0.3, 0.4) is 0 Å². The normalized spacial score (nSPS) is 11.2. The molecular formula is C19H14ClNO5S. The Balaban J connectivity index is 2.11. The van der Waals surface area contributed by atoms with E-state index in [4.69, 9.17) is 16.3 Å². The summed E-state index contributed by atoms with van der Waals surface area (Å²) in [7, 11) is -2.36. The van der Waals surface area contributed by atoms with Gasteiger partial charge in [-0.25, -0.2) is 8.42 Å². The summed E-state index contributed by atoms with van der Waals surface area (Å²) in [6.07, 6.45) is 0. The van der Waals surface area contributed by atoms with E-state index in [1.165, 1.54) is 31.4 Å². The number of nitrogens with zero attached hydrogens (tertiary/aromatic N) is 1. The molecule has 0 unspecified atom stereocenters. The van der Waals surface area contributed by atoms with E-state index in [2.05, 4.69) is 0 Å². The molecule has 0 bridgehead atoms. The Kier molecular flexibility index (Phi) is 5.16. The fourth-order valence-electron chi connectivity index (χ4n) is 2.62. The fourth-order valence-corrected chi connectivity index (χ4v) is 4.10. The molecule has 0 spiro atoms. The standard InChI is InChI=1S/C19H14ClNO5S/c1-26-19-10-9-17(12-18(19)13-3-2-4-14(20)11-13)27(24,25)16-7-5-15(6-8-16)21(22)23/h2-12H,1H3. The van der Waals surface area contributed by atoms with E-state index < -0.39 is 14.8 Å². The first kappa shape index (κ1) is 18.9. The maximum atomic E-state index is 12.9. The van der Waals surface area contributed by atoms with Gasteiger partial charge in [0.2, 0.25) is 9.84 Å². The summed E-state index contributed by atoms with van der Waals surface area (Å²) in [6, 6.07) is 16.2. The molecule has 0 radical (unpaired) electrons. The minimum Gasteiger partial charge on any atom is -0.496 e. The van der Waals surface area contributed by atoms with E-state index in [-0.39, 0.29) is 15.5 Å². The van der Waals surface area contributed by atoms with Gasteiger partial charge >= 0.3 is 0 Å². The van der Waals surface area contributed by atoms with Crippen LogP contribution in [-0.4, -0.2) is 20.5 Å². The van der Waals surface area contributed by atoms with E-state index in [0.717, 1.165) is 12.1 Å². The summed E-state index contributed by atoms with van der Waals surface area (Å²) in [4.78, 5) is 10.2. The third-order valence-electron chi connectivity index (χ3n) is 3.97. The highest BCUT2D eigenvalue weighted by molar-refractivity contribution is 7.91. The second kappa shape index (κ2) is 7.38. The third-order valence-corrected chi connectivity index (χ3v) is 5.98. The van der Waals surface area contributed by atoms with Crippen LogP contribution in [0, 0.1) is 10.1 Å². The van der Waals surface area contributed by atoms with Crippen molar-refractivity contribution in [3.63, 3.8) is 0 Å². The number of rotatable bonds is 5. The Labute approximate surface area is 161 Å². The number of nitro benzene ring substituents is 1. The molecule has 0 heterocycles. The van der Waals surface area contributed by atoms with Crippen molar-refractivity contribution in [3.8, 4) is 16.9 Å². The molecular weight excluding hydrogens is 390 g/mol. The number of hydrogen-bond donors (Lipinski definition) is 0. The molecule has 0 saturated heterocycles. The summed E-state index contributed by atoms with van der Waals surface area (Å²) in [6.45, 7) is 0. The minimum atomic E-state index is -3.86. The van der Waals surface area contributed by atoms with Crippen LogP contribution in [0.2, 0.25) is 5.02 Å². The molecule has 0 fully saturated rings. The van der Waals surface area contributed by atoms with Crippen molar-refractivity contribution in [1.82, 2.24) is 0 Å². The number of nitro groups is 1. The van der Waals surface area contributed by atoms with Crippen molar-refractivity contribution in [1.29, 1.82) is 0 Å². The molecule has 27 heavy (non-hydrogen) atoms. The van der Waals surface area contributed by atoms with E-state index in [1.54, 1.807) is 30.3 Å². The number of benzene rings is 3. The molecule has 0 aliphatic heterocycles. The number of ether oxygens (including phenoxy) is 1. The van der Waals surface area contributed by atoms with Crippen LogP contribution in [0.5, 0.6) is 5.75 Å². The Morgan fingerprint density at radius 1 is 0.963 bits per heavy atom.